The van der Waals surface area contributed by atoms with E-state index >= 15 is 0 Å². The molecule has 0 aliphatic heterocycles. The van der Waals surface area contributed by atoms with Crippen molar-refractivity contribution in [3.05, 3.63) is 36.5 Å². The van der Waals surface area contributed by atoms with Crippen LogP contribution >= 0.6 is 0 Å². The van der Waals surface area contributed by atoms with Crippen LogP contribution in [-0.4, -0.2) is 47.4 Å². The van der Waals surface area contributed by atoms with Gasteiger partial charge in [0.05, 0.1) is 25.4 Å². The first-order valence-electron chi connectivity index (χ1n) is 29.8. The first kappa shape index (κ1) is 65.1. The molecule has 0 spiro atoms. The minimum absolute atomic E-state index is 0.000277. The third-order valence-corrected chi connectivity index (χ3v) is 13.6. The number of aliphatic hydroxyl groups is 2. The molecule has 0 saturated carbocycles. The van der Waals surface area contributed by atoms with Crippen LogP contribution in [0.1, 0.15) is 316 Å². The number of amides is 1. The molecule has 0 heterocycles. The lowest BCUT2D eigenvalue weighted by molar-refractivity contribution is -0.143. The minimum atomic E-state index is -0.842. The summed E-state index contributed by atoms with van der Waals surface area (Å²) >= 11 is 0. The number of nitrogens with one attached hydrogen (secondary N) is 1. The Morgan fingerprint density at radius 2 is 0.776 bits per heavy atom. The summed E-state index contributed by atoms with van der Waals surface area (Å²) in [5.74, 6) is -0.0664. The van der Waals surface area contributed by atoms with E-state index in [1.54, 1.807) is 6.08 Å². The molecule has 0 fully saturated rings. The molecule has 0 aliphatic rings. The van der Waals surface area contributed by atoms with Crippen molar-refractivity contribution < 1.29 is 24.5 Å². The first-order chi connectivity index (χ1) is 33.0. The van der Waals surface area contributed by atoms with E-state index in [0.717, 1.165) is 51.4 Å². The van der Waals surface area contributed by atoms with Crippen LogP contribution in [0.4, 0.5) is 0 Å². The molecule has 6 nitrogen and oxygen atoms in total. The Balaban J connectivity index is 3.37. The molecule has 3 N–H and O–H groups in total. The fourth-order valence-electron chi connectivity index (χ4n) is 9.08. The van der Waals surface area contributed by atoms with Gasteiger partial charge < -0.3 is 20.3 Å². The minimum Gasteiger partial charge on any atom is -0.466 e. The Labute approximate surface area is 417 Å². The van der Waals surface area contributed by atoms with Gasteiger partial charge in [0, 0.05) is 12.8 Å². The molecule has 0 rings (SSSR count). The number of hydrogen-bond acceptors (Lipinski definition) is 5. The summed E-state index contributed by atoms with van der Waals surface area (Å²) in [6, 6.07) is -0.625. The van der Waals surface area contributed by atoms with Crippen LogP contribution in [-0.2, 0) is 14.3 Å². The smallest absolute Gasteiger partial charge is 0.305 e. The van der Waals surface area contributed by atoms with Crippen LogP contribution in [0.3, 0.4) is 0 Å². The lowest BCUT2D eigenvalue weighted by atomic mass is 10.0. The monoisotopic (exact) mass is 942 g/mol. The van der Waals surface area contributed by atoms with Crippen LogP contribution in [0, 0.1) is 0 Å². The number of carbonyl (C=O) groups excluding carboxylic acids is 2. The fraction of sp³-hybridized carbons (Fsp3) is 0.869. The van der Waals surface area contributed by atoms with Crippen LogP contribution in [0.15, 0.2) is 36.5 Å². The van der Waals surface area contributed by atoms with Crippen molar-refractivity contribution in [3.63, 3.8) is 0 Å². The van der Waals surface area contributed by atoms with Crippen molar-refractivity contribution in [1.29, 1.82) is 0 Å². The number of unbranched alkanes of at least 4 members (excludes halogenated alkanes) is 40. The van der Waals surface area contributed by atoms with Gasteiger partial charge in [-0.2, -0.15) is 0 Å². The van der Waals surface area contributed by atoms with Crippen molar-refractivity contribution in [3.8, 4) is 0 Å². The second kappa shape index (κ2) is 56.7. The normalized spacial score (nSPS) is 12.8. The summed E-state index contributed by atoms with van der Waals surface area (Å²) in [4.78, 5) is 24.4. The average Bonchev–Trinajstić information content (AvgIpc) is 3.33. The van der Waals surface area contributed by atoms with Gasteiger partial charge in [-0.15, -0.1) is 0 Å². The molecule has 1 amide bonds. The molecule has 0 aliphatic carbocycles. The van der Waals surface area contributed by atoms with Gasteiger partial charge in [-0.05, 0) is 57.8 Å². The lowest BCUT2D eigenvalue weighted by Crippen LogP contribution is -2.45. The zero-order valence-corrected chi connectivity index (χ0v) is 44.9. The van der Waals surface area contributed by atoms with Crippen molar-refractivity contribution in [2.45, 2.75) is 328 Å². The van der Waals surface area contributed by atoms with E-state index in [0.29, 0.717) is 19.4 Å². The lowest BCUT2D eigenvalue weighted by Gasteiger charge is -2.20. The summed E-state index contributed by atoms with van der Waals surface area (Å²) in [5.41, 5.74) is 0. The molecule has 394 valence electrons. The topological polar surface area (TPSA) is 95.9 Å². The van der Waals surface area contributed by atoms with Gasteiger partial charge in [0.1, 0.15) is 0 Å². The second-order valence-corrected chi connectivity index (χ2v) is 20.3. The van der Waals surface area contributed by atoms with E-state index in [2.05, 4.69) is 43.5 Å². The Hall–Kier alpha value is -1.92. The largest absolute Gasteiger partial charge is 0.466 e. The average molecular weight is 943 g/mol. The second-order valence-electron chi connectivity index (χ2n) is 20.3. The maximum Gasteiger partial charge on any atom is 0.305 e. The highest BCUT2D eigenvalue weighted by molar-refractivity contribution is 5.76. The molecule has 2 unspecified atom stereocenters. The quantitative estimate of drug-likeness (QED) is 0.0321. The summed E-state index contributed by atoms with van der Waals surface area (Å²) in [6.07, 6.45) is 70.4. The molecule has 6 heteroatoms. The molecule has 0 aromatic rings. The van der Waals surface area contributed by atoms with E-state index in [1.807, 2.05) is 6.08 Å². The maximum atomic E-state index is 12.4. The SMILES string of the molecule is CCC/C=C\C/C=C\CCCCCCCC(=O)OCCCCCCCCCCCCCCCCCCCCCCCCCCCC(=O)NC(CO)C(O)/C=C/CCCCCCCCCCCC. The molecule has 67 heavy (non-hydrogen) atoms. The van der Waals surface area contributed by atoms with Gasteiger partial charge in [-0.3, -0.25) is 9.59 Å². The predicted octanol–water partition coefficient (Wildman–Crippen LogP) is 18.4. The number of allylic oxidation sites excluding steroid dienone is 5. The highest BCUT2D eigenvalue weighted by Gasteiger charge is 2.18. The van der Waals surface area contributed by atoms with Gasteiger partial charge >= 0.3 is 5.97 Å². The van der Waals surface area contributed by atoms with E-state index in [1.165, 1.54) is 238 Å². The molecule has 0 aromatic carbocycles. The van der Waals surface area contributed by atoms with Crippen LogP contribution in [0.25, 0.3) is 0 Å². The molecule has 2 atom stereocenters. The number of esters is 1. The molecule has 0 saturated heterocycles. The summed E-state index contributed by atoms with van der Waals surface area (Å²) < 4.78 is 5.47. The van der Waals surface area contributed by atoms with Crippen LogP contribution in [0.5, 0.6) is 0 Å². The number of hydrogen-bond donors (Lipinski definition) is 3. The van der Waals surface area contributed by atoms with Gasteiger partial charge in [0.15, 0.2) is 0 Å². The van der Waals surface area contributed by atoms with Crippen LogP contribution < -0.4 is 5.32 Å². The van der Waals surface area contributed by atoms with Gasteiger partial charge in [-0.25, -0.2) is 0 Å². The zero-order chi connectivity index (χ0) is 48.6. The highest BCUT2D eigenvalue weighted by atomic mass is 16.5. The highest BCUT2D eigenvalue weighted by Crippen LogP contribution is 2.17. The van der Waals surface area contributed by atoms with E-state index in [4.69, 9.17) is 4.74 Å². The maximum absolute atomic E-state index is 12.4. The number of carbonyl (C=O) groups is 2. The molecule has 0 radical (unpaired) electrons. The van der Waals surface area contributed by atoms with E-state index in [9.17, 15) is 19.8 Å². The number of ether oxygens (including phenoxy) is 1. The zero-order valence-electron chi connectivity index (χ0n) is 44.9. The van der Waals surface area contributed by atoms with Crippen molar-refractivity contribution in [2.24, 2.45) is 0 Å². The first-order valence-corrected chi connectivity index (χ1v) is 29.8. The van der Waals surface area contributed by atoms with E-state index < -0.39 is 12.1 Å². The summed E-state index contributed by atoms with van der Waals surface area (Å²) in [7, 11) is 0. The fourth-order valence-corrected chi connectivity index (χ4v) is 9.08. The standard InChI is InChI=1S/C61H115NO5/c1-3-5-7-9-11-13-15-30-35-39-43-47-51-55-61(66)67-56-52-48-44-40-36-32-29-27-25-23-21-19-17-18-20-22-24-26-28-31-34-38-42-46-50-54-60(65)62-58(57-63)59(64)53-49-45-41-37-33-16-14-12-10-8-6-4-2/h7,9,13,15,49,53,58-59,63-64H,3-6,8,10-12,14,16-48,50-52,54-57H2,1-2H3,(H,62,65)/b9-7-,15-13-,53-49+. The Morgan fingerprint density at radius 3 is 1.19 bits per heavy atom. The molecule has 0 aromatic heterocycles. The van der Waals surface area contributed by atoms with Gasteiger partial charge in [0.2, 0.25) is 5.91 Å². The van der Waals surface area contributed by atoms with E-state index in [-0.39, 0.29) is 18.5 Å². The molecular formula is C61H115NO5. The molecular weight excluding hydrogens is 827 g/mol. The predicted molar refractivity (Wildman–Crippen MR) is 292 cm³/mol. The molecule has 0 bridgehead atoms. The number of rotatable bonds is 55. The van der Waals surface area contributed by atoms with Gasteiger partial charge in [-0.1, -0.05) is 281 Å². The Kier molecular flexibility index (Phi) is 55.0. The van der Waals surface area contributed by atoms with Crippen LogP contribution in [0.2, 0.25) is 0 Å². The van der Waals surface area contributed by atoms with Crippen molar-refractivity contribution >= 4 is 11.9 Å². The summed E-state index contributed by atoms with van der Waals surface area (Å²) in [5, 5.41) is 23.0. The summed E-state index contributed by atoms with van der Waals surface area (Å²) in [6.45, 7) is 4.83. The Morgan fingerprint density at radius 1 is 0.418 bits per heavy atom. The van der Waals surface area contributed by atoms with Crippen molar-refractivity contribution in [2.75, 3.05) is 13.2 Å². The number of aliphatic hydroxyl groups excluding tert-OH is 2. The van der Waals surface area contributed by atoms with Gasteiger partial charge in [0.25, 0.3) is 0 Å². The Bertz CT molecular complexity index is 1090. The van der Waals surface area contributed by atoms with Crippen molar-refractivity contribution in [1.82, 2.24) is 5.32 Å². The third-order valence-electron chi connectivity index (χ3n) is 13.6. The third kappa shape index (κ3) is 53.3.